The molecule has 4 N–H and O–H groups in total. The van der Waals surface area contributed by atoms with Gasteiger partial charge in [0.05, 0.1) is 64.8 Å². The summed E-state index contributed by atoms with van der Waals surface area (Å²) in [5.41, 5.74) is 11.5. The number of anilines is 1. The van der Waals surface area contributed by atoms with Crippen molar-refractivity contribution in [2.75, 3.05) is 47.1 Å². The molecule has 4 unspecified atom stereocenters. The van der Waals surface area contributed by atoms with Crippen LogP contribution in [0.2, 0.25) is 0 Å². The first-order valence-corrected chi connectivity index (χ1v) is 30.4. The molecule has 3 aromatic rings. The van der Waals surface area contributed by atoms with Crippen LogP contribution in [0.3, 0.4) is 0 Å². The molecular formula is C65H92N6O15. The van der Waals surface area contributed by atoms with Crippen LogP contribution in [-0.4, -0.2) is 170 Å². The van der Waals surface area contributed by atoms with Crippen LogP contribution in [0.15, 0.2) is 91.1 Å². The van der Waals surface area contributed by atoms with Gasteiger partial charge in [-0.05, 0) is 124 Å². The minimum Gasteiger partial charge on any atom is -0.458 e. The van der Waals surface area contributed by atoms with Gasteiger partial charge >= 0.3 is 24.0 Å². The number of hydrazine groups is 2. The predicted octanol–water partition coefficient (Wildman–Crippen LogP) is 8.32. The molecule has 0 saturated carbocycles. The average molecular weight is 1200 g/mol. The van der Waals surface area contributed by atoms with Crippen molar-refractivity contribution in [1.29, 1.82) is 0 Å². The van der Waals surface area contributed by atoms with Crippen LogP contribution in [0, 0.1) is 23.7 Å². The van der Waals surface area contributed by atoms with E-state index in [1.54, 1.807) is 81.3 Å². The Labute approximate surface area is 507 Å². The van der Waals surface area contributed by atoms with E-state index in [9.17, 15) is 14.4 Å². The van der Waals surface area contributed by atoms with Gasteiger partial charge in [-0.1, -0.05) is 76.2 Å². The smallest absolute Gasteiger partial charge is 0.410 e. The highest BCUT2D eigenvalue weighted by Gasteiger charge is 2.61. The predicted molar refractivity (Wildman–Crippen MR) is 320 cm³/mol. The van der Waals surface area contributed by atoms with Crippen LogP contribution < -0.4 is 16.7 Å². The number of rotatable bonds is 18. The number of amides is 1. The summed E-state index contributed by atoms with van der Waals surface area (Å²) < 4.78 is 66.4. The molecule has 5 aliphatic heterocycles. The molecule has 21 heteroatoms. The largest absolute Gasteiger partial charge is 0.458 e. The molecule has 0 aromatic heterocycles. The Hall–Kier alpha value is -6.17. The van der Waals surface area contributed by atoms with Gasteiger partial charge in [0.25, 0.3) is 0 Å². The Morgan fingerprint density at radius 3 is 2.00 bits per heavy atom. The number of methoxy groups -OCH3 is 2. The van der Waals surface area contributed by atoms with Gasteiger partial charge in [0, 0.05) is 68.9 Å². The molecule has 18 atom stereocenters. The molecule has 8 rings (SSSR count). The lowest BCUT2D eigenvalue weighted by Crippen LogP contribution is -2.62. The number of carbonyl (C=O) groups is 5. The summed E-state index contributed by atoms with van der Waals surface area (Å²) in [5.74, 6) is -5.50. The van der Waals surface area contributed by atoms with Crippen LogP contribution in [0.4, 0.5) is 10.5 Å². The summed E-state index contributed by atoms with van der Waals surface area (Å²) in [6.07, 6.45) is -5.22. The molecule has 0 radical (unpaired) electrons. The molecule has 1 amide bonds. The average Bonchev–Trinajstić information content (AvgIpc) is 2.01. The Morgan fingerprint density at radius 1 is 0.756 bits per heavy atom. The molecule has 472 valence electrons. The van der Waals surface area contributed by atoms with Gasteiger partial charge in [-0.3, -0.25) is 14.6 Å². The van der Waals surface area contributed by atoms with Crippen LogP contribution in [0.25, 0.3) is 5.70 Å². The lowest BCUT2D eigenvalue weighted by Gasteiger charge is -2.50. The summed E-state index contributed by atoms with van der Waals surface area (Å²) >= 11 is 0. The van der Waals surface area contributed by atoms with Crippen molar-refractivity contribution in [2.45, 2.75) is 192 Å². The number of hydrogen-bond acceptors (Lipinski definition) is 20. The first-order valence-electron chi connectivity index (χ1n) is 30.4. The number of nitrogens with two attached hydrogens (primary N) is 1. The molecule has 86 heavy (non-hydrogen) atoms. The van der Waals surface area contributed by atoms with E-state index in [0.29, 0.717) is 42.6 Å². The minimum absolute atomic E-state index is 0.0445. The second kappa shape index (κ2) is 27.9. The summed E-state index contributed by atoms with van der Waals surface area (Å²) in [6.45, 7) is 19.0. The number of hydrogen-bond donors (Lipinski definition) is 3. The normalized spacial score (nSPS) is 35.4. The number of Topliss-reactive ketones (excluding diaryl/α,β-unsaturated/α-hetero) is 1. The fourth-order valence-corrected chi connectivity index (χ4v) is 13.6. The number of carbonyl (C=O) groups excluding carboxylic acids is 5. The highest BCUT2D eigenvalue weighted by Crippen LogP contribution is 2.45. The van der Waals surface area contributed by atoms with Crippen LogP contribution in [0.1, 0.15) is 134 Å². The zero-order valence-electron chi connectivity index (χ0n) is 52.5. The Balaban J connectivity index is 1.15. The SMILES string of the molecule is CCC1OC(=O)[C@H](C)[C@@H](OC2C[C@@](C)(OC)[C@@H](OC(=O)c3ccccc3)[C@H](C)O2)[C@H](C)[C@@H](OC2O[C@H](C)C[C@H](N(C)C)[C@H]2OC(=O)c2ccccc2)[C@@](C)(OC)C[C@@H](C)C(=O)[C@H](C)C2N(CCCCN3C=C(c4cccc(N)c4)NN3)C(=O)O[C@]12C. The van der Waals surface area contributed by atoms with Gasteiger partial charge in [0.15, 0.2) is 30.4 Å². The topological polar surface area (TPSA) is 237 Å². The Bertz CT molecular complexity index is 2850. The molecular weight excluding hydrogens is 1100 g/mol. The second-order valence-corrected chi connectivity index (χ2v) is 24.9. The number of esters is 3. The van der Waals surface area contributed by atoms with Gasteiger partial charge in [-0.2, -0.15) is 0 Å². The quantitative estimate of drug-likeness (QED) is 0.0470. The fourth-order valence-electron chi connectivity index (χ4n) is 13.6. The highest BCUT2D eigenvalue weighted by molar-refractivity contribution is 5.90. The summed E-state index contributed by atoms with van der Waals surface area (Å²) in [6, 6.07) is 23.7. The van der Waals surface area contributed by atoms with E-state index in [0.717, 1.165) is 11.3 Å². The van der Waals surface area contributed by atoms with Gasteiger partial charge in [0.2, 0.25) is 0 Å². The molecule has 0 bridgehead atoms. The Kier molecular flexibility index (Phi) is 21.3. The highest BCUT2D eigenvalue weighted by atomic mass is 16.7. The van der Waals surface area contributed by atoms with E-state index in [4.69, 9.17) is 53.1 Å². The van der Waals surface area contributed by atoms with Crippen molar-refractivity contribution >= 4 is 41.2 Å². The standard InChI is InChI=1S/C65H92N6O15/c1-15-50-65(10)55(71(62(76)86-65)32-23-22-31-70-37-48(67-68-70)46-29-24-30-47(66)34-46)40(4)52(72)38(2)35-63(8,77-13)56(85-61-54(49(69(11)12)33-39(3)79-61)83-59(74)44-25-18-16-19-26-44)41(5)53(42(6)58(73)81-50)82-51-36-64(9,78-14)57(43(7)80-51)84-60(75)45-27-20-17-21-28-45/h16-21,24-30,34,37-43,49-51,53-57,61,67-68H,15,22-23,31-33,35-36,66H2,1-14H3/t38-,39-,40+,41+,42-,43+,49+,50?,51?,53+,54-,55?,56-,57+,61?,63+,64-,65-/m1/s1. The number of cyclic esters (lactones) is 1. The molecule has 5 aliphatic rings. The number of nitrogens with zero attached hydrogens (tertiary/aromatic N) is 3. The maximum atomic E-state index is 15.5. The van der Waals surface area contributed by atoms with Crippen molar-refractivity contribution in [2.24, 2.45) is 23.7 Å². The first-order chi connectivity index (χ1) is 40.8. The Morgan fingerprint density at radius 2 is 1.38 bits per heavy atom. The van der Waals surface area contributed by atoms with Gasteiger partial charge < -0.3 is 68.3 Å². The van der Waals surface area contributed by atoms with Crippen LogP contribution >= 0.6 is 0 Å². The summed E-state index contributed by atoms with van der Waals surface area (Å²) in [4.78, 5) is 76.7. The van der Waals surface area contributed by atoms with Crippen molar-refractivity contribution in [1.82, 2.24) is 25.8 Å². The zero-order chi connectivity index (χ0) is 62.4. The molecule has 0 spiro atoms. The van der Waals surface area contributed by atoms with Crippen molar-refractivity contribution < 1.29 is 71.3 Å². The van der Waals surface area contributed by atoms with E-state index in [-0.39, 0.29) is 43.7 Å². The number of benzene rings is 3. The van der Waals surface area contributed by atoms with Crippen LogP contribution in [-0.2, 0) is 57.0 Å². The van der Waals surface area contributed by atoms with Gasteiger partial charge in [-0.15, -0.1) is 5.53 Å². The molecule has 4 fully saturated rings. The van der Waals surface area contributed by atoms with Gasteiger partial charge in [0.1, 0.15) is 17.5 Å². The number of ketones is 1. The maximum absolute atomic E-state index is 15.5. The third kappa shape index (κ3) is 14.4. The number of ether oxygens (including phenoxy) is 10. The lowest BCUT2D eigenvalue weighted by atomic mass is 9.73. The molecule has 0 aliphatic carbocycles. The van der Waals surface area contributed by atoms with E-state index < -0.39 is 120 Å². The van der Waals surface area contributed by atoms with E-state index in [2.05, 4.69) is 11.0 Å². The van der Waals surface area contributed by atoms with E-state index in [1.165, 1.54) is 7.11 Å². The monoisotopic (exact) mass is 1200 g/mol. The summed E-state index contributed by atoms with van der Waals surface area (Å²) in [5, 5.41) is 1.92. The molecule has 4 saturated heterocycles. The number of likely N-dealkylation sites (N-methyl/N-ethyl adjacent to an activating group) is 1. The van der Waals surface area contributed by atoms with E-state index in [1.807, 2.05) is 115 Å². The minimum atomic E-state index is -1.49. The summed E-state index contributed by atoms with van der Waals surface area (Å²) in [7, 11) is 6.89. The zero-order valence-corrected chi connectivity index (χ0v) is 52.5. The van der Waals surface area contributed by atoms with Crippen molar-refractivity contribution in [3.05, 3.63) is 108 Å². The number of fused-ring (bicyclic) bond motifs is 1. The number of nitrogen functional groups attached to an aromatic ring is 1. The van der Waals surface area contributed by atoms with Crippen molar-refractivity contribution in [3.63, 3.8) is 0 Å². The maximum Gasteiger partial charge on any atom is 0.410 e. The molecule has 5 heterocycles. The molecule has 3 aromatic carbocycles. The molecule has 21 nitrogen and oxygen atoms in total. The fraction of sp³-hybridized carbons (Fsp3) is 0.615. The lowest BCUT2D eigenvalue weighted by molar-refractivity contribution is -0.318. The third-order valence-electron chi connectivity index (χ3n) is 18.4. The van der Waals surface area contributed by atoms with E-state index >= 15 is 9.59 Å². The van der Waals surface area contributed by atoms with Crippen LogP contribution in [0.5, 0.6) is 0 Å². The first kappa shape index (κ1) is 65.8. The number of unbranched alkanes of at least 4 members (excludes halogenated alkanes) is 1. The number of nitrogens with one attached hydrogen (secondary N) is 2. The van der Waals surface area contributed by atoms with Gasteiger partial charge in [-0.25, -0.2) is 14.4 Å². The second-order valence-electron chi connectivity index (χ2n) is 24.9. The van der Waals surface area contributed by atoms with Crippen molar-refractivity contribution in [3.8, 4) is 0 Å². The third-order valence-corrected chi connectivity index (χ3v) is 18.4.